The molecule has 2 aliphatic heterocycles. The van der Waals surface area contributed by atoms with Gasteiger partial charge in [-0.15, -0.1) is 11.3 Å². The minimum absolute atomic E-state index is 0.301. The first-order valence-corrected chi connectivity index (χ1v) is 17.1. The zero-order valence-corrected chi connectivity index (χ0v) is 27.4. The van der Waals surface area contributed by atoms with Crippen LogP contribution in [0.1, 0.15) is 22.8 Å². The van der Waals surface area contributed by atoms with Gasteiger partial charge in [-0.25, -0.2) is 18.7 Å². The molecule has 0 aliphatic carbocycles. The van der Waals surface area contributed by atoms with Gasteiger partial charge in [0.1, 0.15) is 11.6 Å². The molecule has 0 amide bonds. The molecule has 0 radical (unpaired) electrons. The van der Waals surface area contributed by atoms with Crippen LogP contribution in [0.15, 0.2) is 133 Å². The van der Waals surface area contributed by atoms with E-state index in [2.05, 4.69) is 65.7 Å². The zero-order valence-electron chi connectivity index (χ0n) is 26.6. The first kappa shape index (κ1) is 29.9. The predicted molar refractivity (Wildman–Crippen MR) is 204 cm³/mol. The van der Waals surface area contributed by atoms with Gasteiger partial charge in [-0.1, -0.05) is 84.9 Å². The van der Waals surface area contributed by atoms with Crippen LogP contribution >= 0.6 is 11.3 Å². The Morgan fingerprint density at radius 2 is 0.740 bits per heavy atom. The van der Waals surface area contributed by atoms with Gasteiger partial charge in [0.05, 0.1) is 22.8 Å². The van der Waals surface area contributed by atoms with Crippen molar-refractivity contribution in [1.29, 1.82) is 0 Å². The van der Waals surface area contributed by atoms with Crippen molar-refractivity contribution >= 4 is 56.1 Å². The summed E-state index contributed by atoms with van der Waals surface area (Å²) in [4.78, 5) is 14.3. The normalized spacial score (nSPS) is 12.0. The highest BCUT2D eigenvalue weighted by molar-refractivity contribution is 7.24. The number of nitrogens with zero attached hydrogens (tertiary/aromatic N) is 2. The standard InChI is InChI=1S/C44H27F2N3S/c45-31-15-11-29(12-16-31)43-37-23-21-35(48-37)41(27-7-3-1-4-8-27)33-19-20-34(47-33)42(28-9-5-2-6-10-28)36-22-24-38(49-36)44(40-26-25-39(43)50-40)30-13-17-32(46)18-14-30/h1-26,47H. The number of nitrogens with one attached hydrogen (secondary N) is 1. The van der Waals surface area contributed by atoms with Crippen LogP contribution in [0.5, 0.6) is 0 Å². The molecule has 3 nitrogen and oxygen atoms in total. The van der Waals surface area contributed by atoms with Crippen LogP contribution in [-0.4, -0.2) is 15.0 Å². The summed E-state index contributed by atoms with van der Waals surface area (Å²) in [6.45, 7) is 0. The Hall–Kier alpha value is -6.24. The topological polar surface area (TPSA) is 41.6 Å². The third-order valence-corrected chi connectivity index (χ3v) is 10.1. The minimum Gasteiger partial charge on any atom is -0.354 e. The lowest BCUT2D eigenvalue weighted by atomic mass is 10.0. The number of halogens is 2. The van der Waals surface area contributed by atoms with Gasteiger partial charge < -0.3 is 4.98 Å². The van der Waals surface area contributed by atoms with Crippen molar-refractivity contribution in [2.45, 2.75) is 0 Å². The summed E-state index contributed by atoms with van der Waals surface area (Å²) < 4.78 is 30.3. The largest absolute Gasteiger partial charge is 0.354 e. The van der Waals surface area contributed by atoms with Crippen LogP contribution in [0, 0.1) is 11.6 Å². The first-order chi connectivity index (χ1) is 24.6. The van der Waals surface area contributed by atoms with E-state index in [0.717, 1.165) is 87.7 Å². The smallest absolute Gasteiger partial charge is 0.123 e. The second kappa shape index (κ2) is 12.3. The number of fused-ring (bicyclic) bond motifs is 8. The fourth-order valence-electron chi connectivity index (χ4n) is 6.73. The molecule has 2 aliphatic rings. The maximum Gasteiger partial charge on any atom is 0.123 e. The number of aromatic nitrogens is 3. The maximum absolute atomic E-state index is 14.2. The average molecular weight is 668 g/mol. The molecule has 0 spiro atoms. The maximum atomic E-state index is 14.2. The minimum atomic E-state index is -0.301. The number of thiophene rings is 1. The van der Waals surface area contributed by atoms with E-state index >= 15 is 0 Å². The van der Waals surface area contributed by atoms with E-state index in [4.69, 9.17) is 9.97 Å². The number of aromatic amines is 1. The predicted octanol–water partition coefficient (Wildman–Crippen LogP) is 12.3. The van der Waals surface area contributed by atoms with E-state index in [-0.39, 0.29) is 11.6 Å². The van der Waals surface area contributed by atoms with Gasteiger partial charge in [0.15, 0.2) is 0 Å². The molecule has 9 rings (SSSR count). The highest BCUT2D eigenvalue weighted by Gasteiger charge is 2.19. The van der Waals surface area contributed by atoms with Gasteiger partial charge in [0, 0.05) is 42.7 Å². The van der Waals surface area contributed by atoms with Gasteiger partial charge >= 0.3 is 0 Å². The van der Waals surface area contributed by atoms with Crippen molar-refractivity contribution in [3.63, 3.8) is 0 Å². The molecule has 7 aromatic rings. The third kappa shape index (κ3) is 5.36. The molecule has 6 heteroatoms. The Labute approximate surface area is 291 Å². The van der Waals surface area contributed by atoms with Crippen LogP contribution in [0.25, 0.3) is 89.2 Å². The Bertz CT molecular complexity index is 2460. The fourth-order valence-corrected chi connectivity index (χ4v) is 7.89. The van der Waals surface area contributed by atoms with Crippen LogP contribution in [0.3, 0.4) is 0 Å². The summed E-state index contributed by atoms with van der Waals surface area (Å²) in [6.07, 6.45) is 8.18. The van der Waals surface area contributed by atoms with Crippen LogP contribution in [0.2, 0.25) is 0 Å². The summed E-state index contributed by atoms with van der Waals surface area (Å²) in [6, 6.07) is 42.0. The summed E-state index contributed by atoms with van der Waals surface area (Å²) in [5.41, 5.74) is 12.5. The highest BCUT2D eigenvalue weighted by atomic mass is 32.1. The number of hydrogen-bond acceptors (Lipinski definition) is 3. The number of rotatable bonds is 4. The van der Waals surface area contributed by atoms with E-state index in [9.17, 15) is 8.78 Å². The molecule has 0 unspecified atom stereocenters. The van der Waals surface area contributed by atoms with Gasteiger partial charge in [-0.3, -0.25) is 0 Å². The molecule has 5 heterocycles. The summed E-state index contributed by atoms with van der Waals surface area (Å²) in [5, 5.41) is 0. The van der Waals surface area contributed by atoms with Crippen LogP contribution < -0.4 is 0 Å². The summed E-state index contributed by atoms with van der Waals surface area (Å²) in [5.74, 6) is -0.603. The molecular weight excluding hydrogens is 641 g/mol. The van der Waals surface area contributed by atoms with E-state index in [1.54, 1.807) is 35.6 Å². The second-order valence-electron chi connectivity index (χ2n) is 12.1. The molecule has 238 valence electrons. The molecule has 3 aromatic heterocycles. The number of benzene rings is 4. The first-order valence-electron chi connectivity index (χ1n) is 16.3. The Morgan fingerprint density at radius 1 is 0.380 bits per heavy atom. The summed E-state index contributed by atoms with van der Waals surface area (Å²) >= 11 is 1.61. The molecular formula is C44H27F2N3S. The van der Waals surface area contributed by atoms with E-state index in [1.165, 1.54) is 24.3 Å². The lowest BCUT2D eigenvalue weighted by molar-refractivity contribution is 0.627. The van der Waals surface area contributed by atoms with Gasteiger partial charge in [0.25, 0.3) is 0 Å². The van der Waals surface area contributed by atoms with E-state index in [0.29, 0.717) is 0 Å². The number of hydrogen-bond donors (Lipinski definition) is 1. The Morgan fingerprint density at radius 3 is 1.14 bits per heavy atom. The second-order valence-corrected chi connectivity index (χ2v) is 13.2. The van der Waals surface area contributed by atoms with Crippen molar-refractivity contribution in [1.82, 2.24) is 15.0 Å². The van der Waals surface area contributed by atoms with Gasteiger partial charge in [-0.05, 0) is 95.1 Å². The molecule has 0 saturated heterocycles. The Kier molecular flexibility index (Phi) is 7.37. The van der Waals surface area contributed by atoms with Gasteiger partial charge in [0.2, 0.25) is 0 Å². The molecule has 50 heavy (non-hydrogen) atoms. The molecule has 4 aromatic carbocycles. The number of H-pyrrole nitrogens is 1. The SMILES string of the molecule is Fc1ccc(-c2c3nc(c(-c4ccccc4)c4ccc([nH]4)c(-c4ccccc4)c4nc(c(-c5ccc(F)cc5)c5ccc2s5)C=C4)C=C3)cc1. The quantitative estimate of drug-likeness (QED) is 0.203. The Balaban J connectivity index is 1.48. The van der Waals surface area contributed by atoms with Crippen molar-refractivity contribution in [2.75, 3.05) is 0 Å². The van der Waals surface area contributed by atoms with Crippen molar-refractivity contribution in [2.24, 2.45) is 0 Å². The van der Waals surface area contributed by atoms with Crippen molar-refractivity contribution < 1.29 is 8.78 Å². The van der Waals surface area contributed by atoms with Gasteiger partial charge in [-0.2, -0.15) is 0 Å². The monoisotopic (exact) mass is 667 g/mol. The van der Waals surface area contributed by atoms with Crippen molar-refractivity contribution in [3.05, 3.63) is 168 Å². The summed E-state index contributed by atoms with van der Waals surface area (Å²) in [7, 11) is 0. The average Bonchev–Trinajstić information content (AvgIpc) is 3.98. The lowest BCUT2D eigenvalue weighted by Crippen LogP contribution is -1.88. The third-order valence-electron chi connectivity index (χ3n) is 9.02. The molecule has 8 bridgehead atoms. The van der Waals surface area contributed by atoms with E-state index < -0.39 is 0 Å². The highest BCUT2D eigenvalue weighted by Crippen LogP contribution is 2.41. The molecule has 0 saturated carbocycles. The fraction of sp³-hybridized carbons (Fsp3) is 0. The van der Waals surface area contributed by atoms with E-state index in [1.807, 2.05) is 48.6 Å². The van der Waals surface area contributed by atoms with Crippen LogP contribution in [0.4, 0.5) is 8.78 Å². The van der Waals surface area contributed by atoms with Crippen LogP contribution in [-0.2, 0) is 0 Å². The molecule has 1 N–H and O–H groups in total. The molecule has 0 fully saturated rings. The molecule has 0 atom stereocenters. The zero-order chi connectivity index (χ0) is 33.6. The van der Waals surface area contributed by atoms with Crippen molar-refractivity contribution in [3.8, 4) is 44.5 Å². The lowest BCUT2D eigenvalue weighted by Gasteiger charge is -2.06.